The lowest BCUT2D eigenvalue weighted by Crippen LogP contribution is -2.37. The zero-order valence-corrected chi connectivity index (χ0v) is 16.6. The van der Waals surface area contributed by atoms with E-state index in [1.807, 2.05) is 6.07 Å². The molecule has 2 nitrogen and oxygen atoms in total. The van der Waals surface area contributed by atoms with Crippen molar-refractivity contribution in [1.29, 1.82) is 0 Å². The minimum absolute atomic E-state index is 0.0881. The van der Waals surface area contributed by atoms with Gasteiger partial charge in [-0.3, -0.25) is 4.99 Å². The highest BCUT2D eigenvalue weighted by Gasteiger charge is 2.88. The monoisotopic (exact) mass is 442 g/mol. The molecule has 120 valence electrons. The lowest BCUT2D eigenvalue weighted by molar-refractivity contribution is 0.422. The van der Waals surface area contributed by atoms with Crippen LogP contribution in [0.3, 0.4) is 0 Å². The lowest BCUT2D eigenvalue weighted by atomic mass is 9.86. The van der Waals surface area contributed by atoms with Crippen LogP contribution in [0.1, 0.15) is 25.0 Å². The van der Waals surface area contributed by atoms with Gasteiger partial charge in [0, 0.05) is 4.48 Å². The van der Waals surface area contributed by atoms with E-state index in [0.29, 0.717) is 0 Å². The molecule has 0 spiro atoms. The molecule has 0 aromatic heterocycles. The molecule has 1 saturated heterocycles. The zero-order valence-electron chi connectivity index (χ0n) is 13.4. The van der Waals surface area contributed by atoms with E-state index in [0.717, 1.165) is 5.71 Å². The van der Waals surface area contributed by atoms with Gasteiger partial charge in [0.25, 0.3) is 0 Å². The quantitative estimate of drug-likeness (QED) is 0.354. The molecule has 0 radical (unpaired) electrons. The van der Waals surface area contributed by atoms with Crippen LogP contribution >= 0.6 is 31.9 Å². The first-order chi connectivity index (χ1) is 11.5. The Balaban J connectivity index is 1.72. The lowest BCUT2D eigenvalue weighted by Gasteiger charge is -2.24. The first-order valence-electron chi connectivity index (χ1n) is 8.07. The SMILES string of the molecule is CC12N=C(c3ccccc3)C3(Br)N(C(c4ccccc4)=C1Br)C23C. The largest absolute Gasteiger partial charge is 0.336 e. The molecule has 2 aromatic rings. The van der Waals surface area contributed by atoms with Crippen LogP contribution < -0.4 is 0 Å². The molecule has 3 atom stereocenters. The number of fused-ring (bicyclic) bond motifs is 1. The minimum Gasteiger partial charge on any atom is -0.336 e. The molecule has 0 bridgehead atoms. The van der Waals surface area contributed by atoms with Crippen LogP contribution in [0.25, 0.3) is 5.70 Å². The van der Waals surface area contributed by atoms with Crippen molar-refractivity contribution in [3.8, 4) is 0 Å². The van der Waals surface area contributed by atoms with Crippen molar-refractivity contribution >= 4 is 43.3 Å². The fourth-order valence-electron chi connectivity index (χ4n) is 4.39. The number of benzene rings is 2. The van der Waals surface area contributed by atoms with Crippen molar-refractivity contribution in [2.45, 2.75) is 29.4 Å². The molecule has 4 heteroatoms. The summed E-state index contributed by atoms with van der Waals surface area (Å²) in [5.41, 5.74) is 4.40. The van der Waals surface area contributed by atoms with E-state index in [4.69, 9.17) is 4.99 Å². The van der Waals surface area contributed by atoms with Crippen molar-refractivity contribution in [2.24, 2.45) is 4.99 Å². The maximum Gasteiger partial charge on any atom is 0.165 e. The molecule has 24 heavy (non-hydrogen) atoms. The molecule has 3 unspecified atom stereocenters. The number of halogens is 2. The van der Waals surface area contributed by atoms with Crippen LogP contribution in [0.5, 0.6) is 0 Å². The molecule has 0 saturated carbocycles. The molecule has 1 fully saturated rings. The van der Waals surface area contributed by atoms with Crippen molar-refractivity contribution in [3.63, 3.8) is 0 Å². The van der Waals surface area contributed by atoms with Crippen LogP contribution in [-0.4, -0.2) is 26.1 Å². The van der Waals surface area contributed by atoms with Gasteiger partial charge < -0.3 is 4.90 Å². The maximum absolute atomic E-state index is 5.20. The van der Waals surface area contributed by atoms with Gasteiger partial charge in [0.05, 0.1) is 11.4 Å². The van der Waals surface area contributed by atoms with Gasteiger partial charge in [0.2, 0.25) is 0 Å². The zero-order chi connectivity index (χ0) is 16.7. The summed E-state index contributed by atoms with van der Waals surface area (Å²) in [4.78, 5) is 7.69. The predicted octanol–water partition coefficient (Wildman–Crippen LogP) is 5.19. The summed E-state index contributed by atoms with van der Waals surface area (Å²) in [6.07, 6.45) is 0. The van der Waals surface area contributed by atoms with E-state index < -0.39 is 0 Å². The normalized spacial score (nSPS) is 36.0. The van der Waals surface area contributed by atoms with Crippen LogP contribution in [0, 0.1) is 0 Å². The topological polar surface area (TPSA) is 15.4 Å². The molecule has 0 amide bonds. The second-order valence-corrected chi connectivity index (χ2v) is 8.90. The van der Waals surface area contributed by atoms with Crippen LogP contribution in [-0.2, 0) is 0 Å². The fraction of sp³-hybridized carbons (Fsp3) is 0.250. The third-order valence-electron chi connectivity index (χ3n) is 5.90. The third-order valence-corrected chi connectivity index (χ3v) is 8.55. The molecular formula is C20H16Br2N2. The second-order valence-electron chi connectivity index (χ2n) is 6.96. The molecule has 3 aliphatic heterocycles. The Morgan fingerprint density at radius 3 is 1.96 bits per heavy atom. The van der Waals surface area contributed by atoms with Gasteiger partial charge in [0.15, 0.2) is 4.45 Å². The highest BCUT2D eigenvalue weighted by molar-refractivity contribution is 9.12. The Morgan fingerprint density at radius 1 is 0.875 bits per heavy atom. The summed E-state index contributed by atoms with van der Waals surface area (Å²) in [6.45, 7) is 4.54. The van der Waals surface area contributed by atoms with Crippen LogP contribution in [0.4, 0.5) is 0 Å². The van der Waals surface area contributed by atoms with Crippen molar-refractivity contribution < 1.29 is 0 Å². The van der Waals surface area contributed by atoms with Crippen molar-refractivity contribution in [1.82, 2.24) is 4.90 Å². The van der Waals surface area contributed by atoms with Gasteiger partial charge >= 0.3 is 0 Å². The van der Waals surface area contributed by atoms with Crippen molar-refractivity contribution in [2.75, 3.05) is 0 Å². The molecule has 2 aromatic carbocycles. The first kappa shape index (κ1) is 14.9. The highest BCUT2D eigenvalue weighted by atomic mass is 79.9. The van der Waals surface area contributed by atoms with E-state index in [-0.39, 0.29) is 15.5 Å². The molecular weight excluding hydrogens is 428 g/mol. The van der Waals surface area contributed by atoms with Gasteiger partial charge in [-0.25, -0.2) is 0 Å². The van der Waals surface area contributed by atoms with Gasteiger partial charge in [-0.1, -0.05) is 92.5 Å². The van der Waals surface area contributed by atoms with E-state index in [2.05, 4.69) is 105 Å². The third kappa shape index (κ3) is 1.39. The number of rotatable bonds is 2. The molecule has 0 aliphatic carbocycles. The van der Waals surface area contributed by atoms with E-state index in [9.17, 15) is 0 Å². The maximum atomic E-state index is 5.20. The fourth-order valence-corrected chi connectivity index (χ4v) is 6.60. The van der Waals surface area contributed by atoms with Gasteiger partial charge in [-0.05, 0) is 25.0 Å². The number of nitrogens with zero attached hydrogens (tertiary/aromatic N) is 2. The van der Waals surface area contributed by atoms with E-state index in [1.165, 1.54) is 21.3 Å². The molecule has 3 heterocycles. The summed E-state index contributed by atoms with van der Waals surface area (Å²) >= 11 is 7.96. The first-order valence-corrected chi connectivity index (χ1v) is 9.65. The predicted molar refractivity (Wildman–Crippen MR) is 106 cm³/mol. The minimum atomic E-state index is -0.285. The Hall–Kier alpha value is -1.39. The average molecular weight is 444 g/mol. The Labute approximate surface area is 158 Å². The van der Waals surface area contributed by atoms with Gasteiger partial charge in [0.1, 0.15) is 11.1 Å². The Kier molecular flexibility index (Phi) is 2.74. The van der Waals surface area contributed by atoms with Gasteiger partial charge in [-0.15, -0.1) is 0 Å². The number of hydrogen-bond donors (Lipinski definition) is 0. The number of hydrogen-bond acceptors (Lipinski definition) is 2. The van der Waals surface area contributed by atoms with Crippen LogP contribution in [0.2, 0.25) is 0 Å². The summed E-state index contributed by atoms with van der Waals surface area (Å²) < 4.78 is 0.933. The van der Waals surface area contributed by atoms with E-state index in [1.54, 1.807) is 0 Å². The molecule has 0 N–H and O–H groups in total. The molecule has 3 aliphatic rings. The average Bonchev–Trinajstić information content (AvgIpc) is 2.99. The van der Waals surface area contributed by atoms with Crippen LogP contribution in [0.15, 0.2) is 70.1 Å². The smallest absolute Gasteiger partial charge is 0.165 e. The summed E-state index contributed by atoms with van der Waals surface area (Å²) in [5, 5.41) is 0. The van der Waals surface area contributed by atoms with Crippen molar-refractivity contribution in [3.05, 3.63) is 76.3 Å². The number of aliphatic imine (C=N–C) groups is 1. The highest BCUT2D eigenvalue weighted by Crippen LogP contribution is 2.77. The summed E-state index contributed by atoms with van der Waals surface area (Å²) in [7, 11) is 0. The van der Waals surface area contributed by atoms with E-state index >= 15 is 0 Å². The summed E-state index contributed by atoms with van der Waals surface area (Å²) in [6, 6.07) is 21.1. The second kappa shape index (κ2) is 4.41. The van der Waals surface area contributed by atoms with Gasteiger partial charge in [-0.2, -0.15) is 0 Å². The molecule has 5 rings (SSSR count). The Morgan fingerprint density at radius 2 is 1.42 bits per heavy atom. The number of alkyl halides is 1. The summed E-state index contributed by atoms with van der Waals surface area (Å²) in [5.74, 6) is 0. The standard InChI is InChI=1S/C20H16Br2N2/c1-18-16(21)15(13-9-5-3-6-10-13)24-19(18,2)20(24,22)17(23-18)14-11-7-4-8-12-14/h3-12H,1-2H3. The Bertz CT molecular complexity index is 921.